The van der Waals surface area contributed by atoms with Crippen molar-refractivity contribution < 1.29 is 9.32 Å². The molecule has 1 amide bonds. The number of benzene rings is 1. The number of nitrogens with zero attached hydrogens (tertiary/aromatic N) is 2. The van der Waals surface area contributed by atoms with E-state index >= 15 is 0 Å². The molecule has 0 aliphatic heterocycles. The fourth-order valence-corrected chi connectivity index (χ4v) is 2.97. The third-order valence-corrected chi connectivity index (χ3v) is 4.28. The average molecular weight is 354 g/mol. The lowest BCUT2D eigenvalue weighted by Gasteiger charge is -2.06. The van der Waals surface area contributed by atoms with Gasteiger partial charge in [-0.25, -0.2) is 0 Å². The summed E-state index contributed by atoms with van der Waals surface area (Å²) in [4.78, 5) is 17.2. The highest BCUT2D eigenvalue weighted by molar-refractivity contribution is 7.14. The van der Waals surface area contributed by atoms with Gasteiger partial charge in [-0.1, -0.05) is 28.4 Å². The molecule has 0 fully saturated rings. The molecule has 0 saturated carbocycles. The SMILES string of the molecule is Cc1noc(-c2sccc2NC(=O)c2cc(Cl)ccc2Cl)n1. The number of rotatable bonds is 3. The molecule has 22 heavy (non-hydrogen) atoms. The average Bonchev–Trinajstić information content (AvgIpc) is 3.10. The molecule has 1 aromatic carbocycles. The first-order valence-electron chi connectivity index (χ1n) is 6.19. The summed E-state index contributed by atoms with van der Waals surface area (Å²) in [7, 11) is 0. The Bertz CT molecular complexity index is 844. The molecular formula is C14H9Cl2N3O2S. The normalized spacial score (nSPS) is 10.7. The second-order valence-corrected chi connectivity index (χ2v) is 6.15. The molecule has 5 nitrogen and oxygen atoms in total. The Morgan fingerprint density at radius 3 is 2.86 bits per heavy atom. The Morgan fingerprint density at radius 1 is 1.32 bits per heavy atom. The molecule has 0 spiro atoms. The predicted octanol–water partition coefficient (Wildman–Crippen LogP) is 4.67. The van der Waals surface area contributed by atoms with E-state index in [1.54, 1.807) is 25.1 Å². The maximum Gasteiger partial charge on any atom is 0.270 e. The van der Waals surface area contributed by atoms with E-state index in [4.69, 9.17) is 27.7 Å². The molecule has 0 bridgehead atoms. The molecular weight excluding hydrogens is 345 g/mol. The van der Waals surface area contributed by atoms with Crippen LogP contribution >= 0.6 is 34.5 Å². The van der Waals surface area contributed by atoms with Gasteiger partial charge in [0.25, 0.3) is 11.8 Å². The predicted molar refractivity (Wildman–Crippen MR) is 86.8 cm³/mol. The first kappa shape index (κ1) is 15.0. The minimum Gasteiger partial charge on any atom is -0.333 e. The molecule has 2 aromatic heterocycles. The van der Waals surface area contributed by atoms with Crippen LogP contribution in [0.5, 0.6) is 0 Å². The maximum absolute atomic E-state index is 12.4. The van der Waals surface area contributed by atoms with Gasteiger partial charge in [0.2, 0.25) is 0 Å². The van der Waals surface area contributed by atoms with E-state index in [-0.39, 0.29) is 5.91 Å². The molecule has 8 heteroatoms. The lowest BCUT2D eigenvalue weighted by Crippen LogP contribution is -2.12. The molecule has 3 aromatic rings. The summed E-state index contributed by atoms with van der Waals surface area (Å²) in [6.45, 7) is 1.73. The number of aryl methyl sites for hydroxylation is 1. The highest BCUT2D eigenvalue weighted by atomic mass is 35.5. The first-order valence-corrected chi connectivity index (χ1v) is 7.83. The molecule has 3 rings (SSSR count). The summed E-state index contributed by atoms with van der Waals surface area (Å²) >= 11 is 13.3. The van der Waals surface area contributed by atoms with E-state index in [9.17, 15) is 4.79 Å². The second kappa shape index (κ2) is 6.08. The van der Waals surface area contributed by atoms with Gasteiger partial charge >= 0.3 is 0 Å². The topological polar surface area (TPSA) is 68.0 Å². The van der Waals surface area contributed by atoms with Crippen molar-refractivity contribution in [3.63, 3.8) is 0 Å². The van der Waals surface area contributed by atoms with Crippen molar-refractivity contribution in [2.45, 2.75) is 6.92 Å². The standard InChI is InChI=1S/C14H9Cl2N3O2S/c1-7-17-14(21-19-7)12-11(4-5-22-12)18-13(20)9-6-8(15)2-3-10(9)16/h2-6H,1H3,(H,18,20). The van der Waals surface area contributed by atoms with Gasteiger partial charge in [-0.15, -0.1) is 11.3 Å². The van der Waals surface area contributed by atoms with E-state index in [1.807, 2.05) is 5.38 Å². The zero-order chi connectivity index (χ0) is 15.7. The zero-order valence-corrected chi connectivity index (χ0v) is 13.6. The van der Waals surface area contributed by atoms with Crippen LogP contribution in [0.2, 0.25) is 10.0 Å². The van der Waals surface area contributed by atoms with Crippen LogP contribution in [0.25, 0.3) is 10.8 Å². The van der Waals surface area contributed by atoms with Gasteiger partial charge in [-0.3, -0.25) is 4.79 Å². The number of carbonyl (C=O) groups is 1. The fourth-order valence-electron chi connectivity index (χ4n) is 1.82. The fraction of sp³-hybridized carbons (Fsp3) is 0.0714. The van der Waals surface area contributed by atoms with Crippen LogP contribution in [-0.4, -0.2) is 16.0 Å². The van der Waals surface area contributed by atoms with Crippen molar-refractivity contribution in [1.29, 1.82) is 0 Å². The van der Waals surface area contributed by atoms with Gasteiger partial charge in [0.05, 0.1) is 16.3 Å². The summed E-state index contributed by atoms with van der Waals surface area (Å²) in [5.74, 6) is 0.530. The summed E-state index contributed by atoms with van der Waals surface area (Å²) in [6.07, 6.45) is 0. The van der Waals surface area contributed by atoms with Crippen molar-refractivity contribution in [2.75, 3.05) is 5.32 Å². The molecule has 0 aliphatic rings. The van der Waals surface area contributed by atoms with Crippen LogP contribution in [0, 0.1) is 6.92 Å². The van der Waals surface area contributed by atoms with Gasteiger partial charge in [-0.05, 0) is 36.6 Å². The van der Waals surface area contributed by atoms with E-state index < -0.39 is 0 Å². The molecule has 0 saturated heterocycles. The van der Waals surface area contributed by atoms with Crippen LogP contribution in [0.4, 0.5) is 5.69 Å². The Labute approximate surface area is 139 Å². The molecule has 2 heterocycles. The van der Waals surface area contributed by atoms with Gasteiger partial charge < -0.3 is 9.84 Å². The van der Waals surface area contributed by atoms with E-state index in [0.717, 1.165) is 0 Å². The number of hydrogen-bond acceptors (Lipinski definition) is 5. The maximum atomic E-state index is 12.4. The number of hydrogen-bond donors (Lipinski definition) is 1. The van der Waals surface area contributed by atoms with Crippen LogP contribution in [0.1, 0.15) is 16.2 Å². The number of carbonyl (C=O) groups excluding carboxylic acids is 1. The van der Waals surface area contributed by atoms with Crippen LogP contribution < -0.4 is 5.32 Å². The molecule has 0 aliphatic carbocycles. The number of nitrogens with one attached hydrogen (secondary N) is 1. The zero-order valence-electron chi connectivity index (χ0n) is 11.3. The van der Waals surface area contributed by atoms with Crippen LogP contribution in [0.3, 0.4) is 0 Å². The van der Waals surface area contributed by atoms with E-state index in [0.29, 0.717) is 37.9 Å². The van der Waals surface area contributed by atoms with Gasteiger partial charge in [0.1, 0.15) is 4.88 Å². The van der Waals surface area contributed by atoms with Crippen LogP contribution in [0.15, 0.2) is 34.2 Å². The summed E-state index contributed by atoms with van der Waals surface area (Å²) < 4.78 is 5.13. The molecule has 0 radical (unpaired) electrons. The number of aromatic nitrogens is 2. The van der Waals surface area contributed by atoms with E-state index in [2.05, 4.69) is 15.5 Å². The Kier molecular flexibility index (Phi) is 4.15. The van der Waals surface area contributed by atoms with Crippen molar-refractivity contribution in [3.8, 4) is 10.8 Å². The van der Waals surface area contributed by atoms with E-state index in [1.165, 1.54) is 17.4 Å². The number of anilines is 1. The number of amides is 1. The summed E-state index contributed by atoms with van der Waals surface area (Å²) in [5, 5.41) is 9.12. The lowest BCUT2D eigenvalue weighted by atomic mass is 10.2. The Hall–Kier alpha value is -1.89. The van der Waals surface area contributed by atoms with Gasteiger partial charge in [0.15, 0.2) is 5.82 Å². The number of thiophene rings is 1. The van der Waals surface area contributed by atoms with Gasteiger partial charge in [-0.2, -0.15) is 4.98 Å². The molecule has 1 N–H and O–H groups in total. The minimum absolute atomic E-state index is 0.299. The molecule has 112 valence electrons. The Morgan fingerprint density at radius 2 is 2.14 bits per heavy atom. The molecule has 0 unspecified atom stereocenters. The Balaban J connectivity index is 1.89. The smallest absolute Gasteiger partial charge is 0.270 e. The molecule has 0 atom stereocenters. The third-order valence-electron chi connectivity index (χ3n) is 2.81. The lowest BCUT2D eigenvalue weighted by molar-refractivity contribution is 0.102. The quantitative estimate of drug-likeness (QED) is 0.742. The van der Waals surface area contributed by atoms with Crippen molar-refractivity contribution >= 4 is 46.1 Å². The number of halogens is 2. The summed E-state index contributed by atoms with van der Waals surface area (Å²) in [5.41, 5.74) is 0.878. The minimum atomic E-state index is -0.358. The third kappa shape index (κ3) is 2.99. The highest BCUT2D eigenvalue weighted by Crippen LogP contribution is 2.33. The second-order valence-electron chi connectivity index (χ2n) is 4.39. The van der Waals surface area contributed by atoms with Crippen molar-refractivity contribution in [3.05, 3.63) is 51.1 Å². The summed E-state index contributed by atoms with van der Waals surface area (Å²) in [6, 6.07) is 6.48. The monoisotopic (exact) mass is 353 g/mol. The largest absolute Gasteiger partial charge is 0.333 e. The van der Waals surface area contributed by atoms with Crippen molar-refractivity contribution in [1.82, 2.24) is 10.1 Å². The highest BCUT2D eigenvalue weighted by Gasteiger charge is 2.17. The van der Waals surface area contributed by atoms with Crippen molar-refractivity contribution in [2.24, 2.45) is 0 Å². The van der Waals surface area contributed by atoms with Crippen LogP contribution in [-0.2, 0) is 0 Å². The van der Waals surface area contributed by atoms with Gasteiger partial charge in [0, 0.05) is 5.02 Å². The first-order chi connectivity index (χ1) is 10.5.